The van der Waals surface area contributed by atoms with Gasteiger partial charge in [-0.05, 0) is 77.0 Å². The lowest BCUT2D eigenvalue weighted by Gasteiger charge is -2.29. The maximum Gasteiger partial charge on any atom is 0.268 e. The second-order valence-electron chi connectivity index (χ2n) is 23.4. The number of unbranched alkanes of at least 4 members (excludes halogenated alkanes) is 39. The molecule has 2 N–H and O–H groups in total. The van der Waals surface area contributed by atoms with E-state index in [1.165, 1.54) is 238 Å². The first-order valence-corrected chi connectivity index (χ1v) is 34.1. The first-order chi connectivity index (χ1) is 37.0. The quantitative estimate of drug-likeness (QED) is 0.0272. The molecule has 0 aliphatic carbocycles. The van der Waals surface area contributed by atoms with Gasteiger partial charge in [0.15, 0.2) is 0 Å². The summed E-state index contributed by atoms with van der Waals surface area (Å²) >= 11 is 0. The summed E-state index contributed by atoms with van der Waals surface area (Å²) in [4.78, 5) is 25.6. The van der Waals surface area contributed by atoms with Crippen molar-refractivity contribution >= 4 is 13.7 Å². The number of phosphoric ester groups is 1. The Morgan fingerprint density at radius 3 is 1.14 bits per heavy atom. The molecule has 446 valence electrons. The molecule has 0 aliphatic heterocycles. The van der Waals surface area contributed by atoms with Crippen molar-refractivity contribution in [2.24, 2.45) is 0 Å². The number of amides is 1. The highest BCUT2D eigenvalue weighted by molar-refractivity contribution is 7.45. The number of rotatable bonds is 60. The summed E-state index contributed by atoms with van der Waals surface area (Å²) in [5.74, 6) is -0.209. The molecule has 0 fully saturated rings. The number of nitrogens with zero attached hydrogens (tertiary/aromatic N) is 1. The van der Waals surface area contributed by atoms with Gasteiger partial charge in [0.05, 0.1) is 39.9 Å². The smallest absolute Gasteiger partial charge is 0.268 e. The van der Waals surface area contributed by atoms with Crippen molar-refractivity contribution in [3.05, 3.63) is 60.8 Å². The van der Waals surface area contributed by atoms with Crippen LogP contribution in [0.5, 0.6) is 0 Å². The normalized spacial score (nSPS) is 14.1. The fourth-order valence-corrected chi connectivity index (χ4v) is 10.3. The van der Waals surface area contributed by atoms with Crippen molar-refractivity contribution in [1.29, 1.82) is 0 Å². The van der Waals surface area contributed by atoms with Crippen LogP contribution in [0.2, 0.25) is 0 Å². The van der Waals surface area contributed by atoms with E-state index in [2.05, 4.69) is 67.8 Å². The van der Waals surface area contributed by atoms with Crippen molar-refractivity contribution in [2.75, 3.05) is 40.9 Å². The lowest BCUT2D eigenvalue weighted by molar-refractivity contribution is -0.870. The molecule has 8 nitrogen and oxygen atoms in total. The fourth-order valence-electron chi connectivity index (χ4n) is 9.57. The number of hydrogen-bond acceptors (Lipinski definition) is 6. The van der Waals surface area contributed by atoms with Gasteiger partial charge in [-0.15, -0.1) is 0 Å². The zero-order valence-electron chi connectivity index (χ0n) is 51.0. The predicted molar refractivity (Wildman–Crippen MR) is 330 cm³/mol. The predicted octanol–water partition coefficient (Wildman–Crippen LogP) is 19.8. The van der Waals surface area contributed by atoms with Gasteiger partial charge < -0.3 is 28.8 Å². The van der Waals surface area contributed by atoms with Crippen LogP contribution in [-0.2, 0) is 18.4 Å². The van der Waals surface area contributed by atoms with E-state index in [1.807, 2.05) is 27.2 Å². The van der Waals surface area contributed by atoms with Crippen molar-refractivity contribution in [1.82, 2.24) is 5.32 Å². The lowest BCUT2D eigenvalue weighted by Crippen LogP contribution is -2.45. The third-order valence-corrected chi connectivity index (χ3v) is 15.6. The van der Waals surface area contributed by atoms with Crippen molar-refractivity contribution in [3.63, 3.8) is 0 Å². The fraction of sp³-hybridized carbons (Fsp3) is 0.836. The summed E-state index contributed by atoms with van der Waals surface area (Å²) in [5, 5.41) is 13.9. The SMILES string of the molecule is CCCCCCC/C=C\C/C=C\CCCCCCCCCCCCCCCCCC(=O)NC(COP(=O)([O-])OCC[N+](C)(C)C)C(O)/C=C/CC/C=C/CC/C=C/CCCCCCCCCCCCCCCCCCC. The minimum Gasteiger partial charge on any atom is -0.756 e. The number of aliphatic hydroxyl groups is 1. The maximum atomic E-state index is 13.0. The van der Waals surface area contributed by atoms with Crippen molar-refractivity contribution in [2.45, 2.75) is 321 Å². The first-order valence-electron chi connectivity index (χ1n) is 32.7. The molecule has 0 heterocycles. The van der Waals surface area contributed by atoms with Crippen molar-refractivity contribution in [3.8, 4) is 0 Å². The molecule has 3 atom stereocenters. The molecule has 0 aliphatic rings. The van der Waals surface area contributed by atoms with E-state index >= 15 is 0 Å². The van der Waals surface area contributed by atoms with Crippen LogP contribution < -0.4 is 10.2 Å². The standard InChI is InChI=1S/C67H127N2O6P/c1-6-8-10-12-14-16-18-20-22-24-26-28-30-32-34-36-38-40-42-44-46-48-50-52-54-56-58-60-66(70)65(64-75-76(72,73)74-63-62-69(3,4)5)68-67(71)61-59-57-55-53-51-49-47-45-43-41-39-37-35-33-31-29-27-25-23-21-19-17-15-13-11-9-7-2/h19,21,25,27,42,44,50,52,58,60,65-66,70H,6-18,20,22-24,26,28-41,43,45-49,51,53-57,59,61-64H2,1-5H3,(H-,68,71,72,73)/b21-19-,27-25-,44-42+,52-50+,60-58+. The van der Waals surface area contributed by atoms with E-state index in [0.717, 1.165) is 51.4 Å². The summed E-state index contributed by atoms with van der Waals surface area (Å²) in [6, 6.07) is -0.913. The number of likely N-dealkylation sites (N-methyl/N-ethyl adjacent to an activating group) is 1. The third kappa shape index (κ3) is 59.9. The Labute approximate surface area is 472 Å². The van der Waals surface area contributed by atoms with Gasteiger partial charge in [-0.1, -0.05) is 286 Å². The zero-order valence-corrected chi connectivity index (χ0v) is 51.9. The van der Waals surface area contributed by atoms with E-state index in [-0.39, 0.29) is 12.5 Å². The molecule has 0 aromatic rings. The minimum atomic E-state index is -4.62. The van der Waals surface area contributed by atoms with Gasteiger partial charge in [0.25, 0.3) is 7.82 Å². The number of carbonyl (C=O) groups excluding carboxylic acids is 1. The average molecular weight is 1090 g/mol. The molecular formula is C67H127N2O6P. The highest BCUT2D eigenvalue weighted by Gasteiger charge is 2.23. The Hall–Kier alpha value is -1.80. The Balaban J connectivity index is 4.19. The van der Waals surface area contributed by atoms with E-state index in [0.29, 0.717) is 17.4 Å². The number of hydrogen-bond donors (Lipinski definition) is 2. The summed E-state index contributed by atoms with van der Waals surface area (Å²) in [6.45, 7) is 4.65. The molecular weight excluding hydrogens is 960 g/mol. The van der Waals surface area contributed by atoms with Crippen LogP contribution in [0, 0.1) is 0 Å². The van der Waals surface area contributed by atoms with Gasteiger partial charge in [0.1, 0.15) is 13.2 Å². The Morgan fingerprint density at radius 2 is 0.776 bits per heavy atom. The van der Waals surface area contributed by atoms with Crippen LogP contribution in [0.25, 0.3) is 0 Å². The second kappa shape index (κ2) is 57.9. The Kier molecular flexibility index (Phi) is 56.5. The molecule has 76 heavy (non-hydrogen) atoms. The van der Waals surface area contributed by atoms with E-state index in [1.54, 1.807) is 6.08 Å². The van der Waals surface area contributed by atoms with Gasteiger partial charge in [-0.2, -0.15) is 0 Å². The minimum absolute atomic E-state index is 0.00971. The maximum absolute atomic E-state index is 13.0. The third-order valence-electron chi connectivity index (χ3n) is 14.7. The summed E-state index contributed by atoms with van der Waals surface area (Å²) in [6.07, 6.45) is 79.0. The van der Waals surface area contributed by atoms with Crippen molar-refractivity contribution < 1.29 is 32.9 Å². The molecule has 1 amide bonds. The number of allylic oxidation sites excluding steroid dienone is 9. The number of phosphoric acid groups is 1. The summed E-state index contributed by atoms with van der Waals surface area (Å²) in [5.41, 5.74) is 0. The molecule has 0 bridgehead atoms. The average Bonchev–Trinajstić information content (AvgIpc) is 3.38. The number of quaternary nitrogens is 1. The molecule has 0 radical (unpaired) electrons. The highest BCUT2D eigenvalue weighted by Crippen LogP contribution is 2.38. The molecule has 0 aromatic carbocycles. The lowest BCUT2D eigenvalue weighted by atomic mass is 10.0. The van der Waals surface area contributed by atoms with Crippen LogP contribution in [0.15, 0.2) is 60.8 Å². The van der Waals surface area contributed by atoms with Gasteiger partial charge in [-0.3, -0.25) is 9.36 Å². The van der Waals surface area contributed by atoms with Gasteiger partial charge in [-0.25, -0.2) is 0 Å². The largest absolute Gasteiger partial charge is 0.756 e. The van der Waals surface area contributed by atoms with E-state index in [9.17, 15) is 19.4 Å². The molecule has 0 spiro atoms. The number of nitrogens with one attached hydrogen (secondary N) is 1. The van der Waals surface area contributed by atoms with Gasteiger partial charge in [0, 0.05) is 6.42 Å². The number of aliphatic hydroxyl groups excluding tert-OH is 1. The molecule has 0 aromatic heterocycles. The molecule has 0 saturated carbocycles. The van der Waals surface area contributed by atoms with Crippen LogP contribution in [0.4, 0.5) is 0 Å². The summed E-state index contributed by atoms with van der Waals surface area (Å²) in [7, 11) is 1.24. The van der Waals surface area contributed by atoms with Crippen LogP contribution in [-0.4, -0.2) is 68.5 Å². The molecule has 3 unspecified atom stereocenters. The topological polar surface area (TPSA) is 108 Å². The zero-order chi connectivity index (χ0) is 55.6. The molecule has 0 rings (SSSR count). The van der Waals surface area contributed by atoms with E-state index < -0.39 is 26.6 Å². The Bertz CT molecular complexity index is 1420. The molecule has 0 saturated heterocycles. The monoisotopic (exact) mass is 1090 g/mol. The number of carbonyl (C=O) groups is 1. The van der Waals surface area contributed by atoms with Crippen LogP contribution in [0.1, 0.15) is 309 Å². The second-order valence-corrected chi connectivity index (χ2v) is 24.9. The molecule has 9 heteroatoms. The summed E-state index contributed by atoms with van der Waals surface area (Å²) < 4.78 is 23.4. The van der Waals surface area contributed by atoms with Crippen LogP contribution in [0.3, 0.4) is 0 Å². The van der Waals surface area contributed by atoms with Gasteiger partial charge in [0.2, 0.25) is 5.91 Å². The highest BCUT2D eigenvalue weighted by atomic mass is 31.2. The first kappa shape index (κ1) is 74.2. The Morgan fingerprint density at radius 1 is 0.461 bits per heavy atom. The van der Waals surface area contributed by atoms with Crippen LogP contribution >= 0.6 is 7.82 Å². The van der Waals surface area contributed by atoms with E-state index in [4.69, 9.17) is 9.05 Å². The van der Waals surface area contributed by atoms with Gasteiger partial charge >= 0.3 is 0 Å².